The van der Waals surface area contributed by atoms with Crippen LogP contribution in [0.1, 0.15) is 37.9 Å². The molecule has 0 N–H and O–H groups in total. The van der Waals surface area contributed by atoms with Gasteiger partial charge in [0.1, 0.15) is 17.5 Å². The maximum atomic E-state index is 14.1. The minimum Gasteiger partial charge on any atom is -0.497 e. The van der Waals surface area contributed by atoms with E-state index in [1.807, 2.05) is 63.2 Å². The Hall–Kier alpha value is -4.17. The highest BCUT2D eigenvalue weighted by molar-refractivity contribution is 7.07. The zero-order valence-electron chi connectivity index (χ0n) is 22.7. The number of aromatic nitrogens is 1. The van der Waals surface area contributed by atoms with Crippen molar-refractivity contribution >= 4 is 34.1 Å². The highest BCUT2D eigenvalue weighted by atomic mass is 32.1. The average molecular weight is 542 g/mol. The number of methoxy groups -OCH3 is 2. The van der Waals surface area contributed by atoms with Crippen LogP contribution < -0.4 is 24.4 Å². The number of amides is 1. The van der Waals surface area contributed by atoms with Gasteiger partial charge in [0.05, 0.1) is 30.0 Å². The molecule has 0 fully saturated rings. The number of hydrogen-bond acceptors (Lipinski definition) is 6. The van der Waals surface area contributed by atoms with Crippen molar-refractivity contribution in [2.24, 2.45) is 4.99 Å². The number of thiazole rings is 1. The summed E-state index contributed by atoms with van der Waals surface area (Å²) in [6.07, 6.45) is 1.91. The number of nitrogens with zero attached hydrogens (tertiary/aromatic N) is 3. The fourth-order valence-corrected chi connectivity index (χ4v) is 6.18. The van der Waals surface area contributed by atoms with Gasteiger partial charge in [-0.2, -0.15) is 0 Å². The van der Waals surface area contributed by atoms with Gasteiger partial charge < -0.3 is 14.4 Å². The van der Waals surface area contributed by atoms with E-state index in [9.17, 15) is 9.59 Å². The van der Waals surface area contributed by atoms with Crippen molar-refractivity contribution in [3.05, 3.63) is 103 Å². The van der Waals surface area contributed by atoms with Crippen LogP contribution in [0.2, 0.25) is 0 Å². The molecule has 7 nitrogen and oxygen atoms in total. The van der Waals surface area contributed by atoms with E-state index in [-0.39, 0.29) is 11.5 Å². The highest BCUT2D eigenvalue weighted by Gasteiger charge is 2.36. The van der Waals surface area contributed by atoms with Gasteiger partial charge in [0.2, 0.25) is 0 Å². The molecule has 4 aromatic rings. The maximum absolute atomic E-state index is 14.1. The standard InChI is InChI=1S/C31H31N3O4S/c1-6-33(7-2)30(36)27-19(3)32-31-34(28(27)24-18-22(37-4)15-16-25(24)38-5)29(35)26(39-31)17-21-13-10-12-20-11-8-9-14-23(20)21/h8-18,28H,6-7H2,1-5H3/b26-17+/t28-/m1/s1. The number of carbonyl (C=O) groups is 1. The molecule has 0 aliphatic carbocycles. The first-order valence-corrected chi connectivity index (χ1v) is 13.7. The Morgan fingerprint density at radius 1 is 1.05 bits per heavy atom. The van der Waals surface area contributed by atoms with E-state index in [0.29, 0.717) is 50.8 Å². The summed E-state index contributed by atoms with van der Waals surface area (Å²) in [5.74, 6) is 1.01. The minimum atomic E-state index is -0.728. The normalized spacial score (nSPS) is 15.2. The molecule has 0 saturated carbocycles. The largest absolute Gasteiger partial charge is 0.497 e. The first kappa shape index (κ1) is 26.4. The quantitative estimate of drug-likeness (QED) is 0.350. The topological polar surface area (TPSA) is 73.1 Å². The van der Waals surface area contributed by atoms with Crippen LogP contribution in [0.4, 0.5) is 0 Å². The van der Waals surface area contributed by atoms with Crippen molar-refractivity contribution in [3.8, 4) is 11.5 Å². The Labute approximate surface area is 230 Å². The summed E-state index contributed by atoms with van der Waals surface area (Å²) in [4.78, 5) is 35.1. The van der Waals surface area contributed by atoms with E-state index < -0.39 is 6.04 Å². The van der Waals surface area contributed by atoms with Crippen molar-refractivity contribution in [1.29, 1.82) is 0 Å². The molecule has 200 valence electrons. The molecule has 8 heteroatoms. The monoisotopic (exact) mass is 541 g/mol. The van der Waals surface area contributed by atoms with Crippen LogP contribution in [-0.2, 0) is 4.79 Å². The number of fused-ring (bicyclic) bond motifs is 2. The van der Waals surface area contributed by atoms with Crippen LogP contribution in [0.15, 0.2) is 81.7 Å². The molecule has 1 aliphatic rings. The minimum absolute atomic E-state index is 0.153. The van der Waals surface area contributed by atoms with Crippen LogP contribution in [-0.4, -0.2) is 42.7 Å². The molecular weight excluding hydrogens is 510 g/mol. The van der Waals surface area contributed by atoms with Crippen LogP contribution in [0, 0.1) is 0 Å². The summed E-state index contributed by atoms with van der Waals surface area (Å²) in [6.45, 7) is 6.80. The van der Waals surface area contributed by atoms with Crippen LogP contribution >= 0.6 is 11.3 Å². The molecule has 1 atom stereocenters. The zero-order valence-corrected chi connectivity index (χ0v) is 23.5. The third-order valence-electron chi connectivity index (χ3n) is 7.14. The second-order valence-electron chi connectivity index (χ2n) is 9.24. The molecule has 1 aliphatic heterocycles. The van der Waals surface area contributed by atoms with Crippen molar-refractivity contribution in [1.82, 2.24) is 9.47 Å². The molecule has 5 rings (SSSR count). The summed E-state index contributed by atoms with van der Waals surface area (Å²) in [5, 5.41) is 2.16. The predicted molar refractivity (Wildman–Crippen MR) is 155 cm³/mol. The summed E-state index contributed by atoms with van der Waals surface area (Å²) < 4.78 is 13.4. The summed E-state index contributed by atoms with van der Waals surface area (Å²) in [6, 6.07) is 18.8. The highest BCUT2D eigenvalue weighted by Crippen LogP contribution is 2.38. The fraction of sp³-hybridized carbons (Fsp3) is 0.258. The van der Waals surface area contributed by atoms with Gasteiger partial charge in [-0.25, -0.2) is 4.99 Å². The van der Waals surface area contributed by atoms with Gasteiger partial charge in [0, 0.05) is 18.7 Å². The molecule has 1 amide bonds. The van der Waals surface area contributed by atoms with Gasteiger partial charge in [-0.1, -0.05) is 53.8 Å². The lowest BCUT2D eigenvalue weighted by Crippen LogP contribution is -2.43. The van der Waals surface area contributed by atoms with Gasteiger partial charge in [-0.3, -0.25) is 14.2 Å². The molecule has 3 aromatic carbocycles. The van der Waals surface area contributed by atoms with Crippen LogP contribution in [0.25, 0.3) is 16.8 Å². The Balaban J connectivity index is 1.80. The number of benzene rings is 3. The number of carbonyl (C=O) groups excluding carboxylic acids is 1. The Kier molecular flexibility index (Phi) is 7.39. The first-order valence-electron chi connectivity index (χ1n) is 12.9. The van der Waals surface area contributed by atoms with E-state index in [1.54, 1.807) is 35.8 Å². The zero-order chi connectivity index (χ0) is 27.7. The lowest BCUT2D eigenvalue weighted by atomic mass is 9.93. The molecule has 0 spiro atoms. The predicted octanol–water partition coefficient (Wildman–Crippen LogP) is 4.27. The van der Waals surface area contributed by atoms with Crippen LogP contribution in [0.5, 0.6) is 11.5 Å². The third-order valence-corrected chi connectivity index (χ3v) is 8.13. The SMILES string of the molecule is CCN(CC)C(=O)C1=C(C)N=c2s/c(=C/c3cccc4ccccc34)c(=O)n2[C@@H]1c1cc(OC)ccc1OC. The van der Waals surface area contributed by atoms with E-state index in [1.165, 1.54) is 11.3 Å². The van der Waals surface area contributed by atoms with Gasteiger partial charge >= 0.3 is 0 Å². The second-order valence-corrected chi connectivity index (χ2v) is 10.2. The van der Waals surface area contributed by atoms with E-state index >= 15 is 0 Å². The summed E-state index contributed by atoms with van der Waals surface area (Å²) in [5.41, 5.74) is 2.44. The molecule has 1 aromatic heterocycles. The number of rotatable bonds is 7. The Morgan fingerprint density at radius 3 is 2.51 bits per heavy atom. The molecule has 0 saturated heterocycles. The molecule has 0 radical (unpaired) electrons. The molecular formula is C31H31N3O4S. The van der Waals surface area contributed by atoms with E-state index in [4.69, 9.17) is 14.5 Å². The number of likely N-dealkylation sites (N-methyl/N-ethyl adjacent to an activating group) is 1. The Morgan fingerprint density at radius 2 is 1.79 bits per heavy atom. The van der Waals surface area contributed by atoms with E-state index in [2.05, 4.69) is 12.1 Å². The van der Waals surface area contributed by atoms with E-state index in [0.717, 1.165) is 16.3 Å². The van der Waals surface area contributed by atoms with Gasteiger partial charge in [0.15, 0.2) is 4.80 Å². The number of hydrogen-bond donors (Lipinski definition) is 0. The van der Waals surface area contributed by atoms with Gasteiger partial charge in [-0.05, 0) is 61.4 Å². The number of ether oxygens (including phenoxy) is 2. The molecule has 0 unspecified atom stereocenters. The smallest absolute Gasteiger partial charge is 0.271 e. The van der Waals surface area contributed by atoms with Crippen molar-refractivity contribution in [2.75, 3.05) is 27.3 Å². The molecule has 2 heterocycles. The Bertz CT molecular complexity index is 1770. The van der Waals surface area contributed by atoms with Gasteiger partial charge in [0.25, 0.3) is 11.5 Å². The third kappa shape index (κ3) is 4.65. The lowest BCUT2D eigenvalue weighted by Gasteiger charge is -2.30. The summed E-state index contributed by atoms with van der Waals surface area (Å²) >= 11 is 1.32. The van der Waals surface area contributed by atoms with Gasteiger partial charge in [-0.15, -0.1) is 0 Å². The average Bonchev–Trinajstić information content (AvgIpc) is 3.26. The summed E-state index contributed by atoms with van der Waals surface area (Å²) in [7, 11) is 3.17. The van der Waals surface area contributed by atoms with Crippen LogP contribution in [0.3, 0.4) is 0 Å². The maximum Gasteiger partial charge on any atom is 0.271 e. The molecule has 0 bridgehead atoms. The molecule has 39 heavy (non-hydrogen) atoms. The lowest BCUT2D eigenvalue weighted by molar-refractivity contribution is -0.127. The van der Waals surface area contributed by atoms with Crippen molar-refractivity contribution < 1.29 is 14.3 Å². The second kappa shape index (κ2) is 10.9. The fourth-order valence-electron chi connectivity index (χ4n) is 5.14. The first-order chi connectivity index (χ1) is 18.9. The van der Waals surface area contributed by atoms with Crippen molar-refractivity contribution in [3.63, 3.8) is 0 Å². The van der Waals surface area contributed by atoms with Crippen molar-refractivity contribution in [2.45, 2.75) is 26.8 Å². The number of allylic oxidation sites excluding steroid dienone is 1.